The molecule has 0 atom stereocenters. The molecule has 1 amide bonds. The molecule has 0 saturated carbocycles. The van der Waals surface area contributed by atoms with Crippen molar-refractivity contribution in [2.75, 3.05) is 5.32 Å². The highest BCUT2D eigenvalue weighted by Crippen LogP contribution is 2.25. The first-order chi connectivity index (χ1) is 10.1. The predicted molar refractivity (Wildman–Crippen MR) is 86.8 cm³/mol. The summed E-state index contributed by atoms with van der Waals surface area (Å²) in [4.78, 5) is 12.6. The Morgan fingerprint density at radius 1 is 1.00 bits per heavy atom. The van der Waals surface area contributed by atoms with Gasteiger partial charge >= 0.3 is 0 Å². The van der Waals surface area contributed by atoms with E-state index in [9.17, 15) is 4.79 Å². The second-order valence-electron chi connectivity index (χ2n) is 5.32. The van der Waals surface area contributed by atoms with Gasteiger partial charge in [0.25, 0.3) is 5.91 Å². The molecule has 3 aromatic rings. The zero-order valence-corrected chi connectivity index (χ0v) is 12.5. The molecule has 0 aliphatic carbocycles. The van der Waals surface area contributed by atoms with E-state index in [2.05, 4.69) is 11.4 Å². The molecule has 3 nitrogen and oxygen atoms in total. The molecule has 21 heavy (non-hydrogen) atoms. The first-order valence-electron chi connectivity index (χ1n) is 7.00. The summed E-state index contributed by atoms with van der Waals surface area (Å²) in [6, 6.07) is 15.9. The van der Waals surface area contributed by atoms with Gasteiger partial charge in [-0.2, -0.15) is 0 Å². The number of fused-ring (bicyclic) bond motifs is 1. The van der Waals surface area contributed by atoms with Gasteiger partial charge in [0.05, 0.1) is 0 Å². The van der Waals surface area contributed by atoms with E-state index in [0.717, 1.165) is 27.7 Å². The summed E-state index contributed by atoms with van der Waals surface area (Å²) in [5.74, 6) is -0.0690. The van der Waals surface area contributed by atoms with Gasteiger partial charge in [0.15, 0.2) is 0 Å². The molecule has 0 radical (unpaired) electrons. The van der Waals surface area contributed by atoms with Crippen LogP contribution in [0, 0.1) is 13.8 Å². The number of hydrogen-bond donors (Lipinski definition) is 1. The average Bonchev–Trinajstić information content (AvgIpc) is 2.74. The fraction of sp³-hybridized carbons (Fsp3) is 0.167. The van der Waals surface area contributed by atoms with Crippen LogP contribution in [0.5, 0.6) is 0 Å². The van der Waals surface area contributed by atoms with Crippen molar-refractivity contribution < 1.29 is 4.79 Å². The van der Waals surface area contributed by atoms with Crippen LogP contribution in [0.4, 0.5) is 5.69 Å². The number of nitrogens with one attached hydrogen (secondary N) is 1. The minimum atomic E-state index is -0.0690. The summed E-state index contributed by atoms with van der Waals surface area (Å²) in [6.07, 6.45) is 0. The van der Waals surface area contributed by atoms with Crippen molar-refractivity contribution in [2.24, 2.45) is 7.05 Å². The maximum Gasteiger partial charge on any atom is 0.272 e. The third-order valence-electron chi connectivity index (χ3n) is 3.97. The molecule has 0 spiro atoms. The van der Waals surface area contributed by atoms with Crippen molar-refractivity contribution in [3.63, 3.8) is 0 Å². The van der Waals surface area contributed by atoms with Gasteiger partial charge in [0.2, 0.25) is 0 Å². The van der Waals surface area contributed by atoms with Gasteiger partial charge in [-0.3, -0.25) is 4.79 Å². The SMILES string of the molecule is Cc1ccccc1NC(=O)c1c(C)c2ccccc2n1C. The standard InChI is InChI=1S/C18H18N2O/c1-12-8-4-6-10-15(12)19-18(21)17-13(2)14-9-5-7-11-16(14)20(17)3/h4-11H,1-3H3,(H,19,21). The van der Waals surface area contributed by atoms with Crippen LogP contribution in [0.1, 0.15) is 21.6 Å². The highest BCUT2D eigenvalue weighted by Gasteiger charge is 2.18. The van der Waals surface area contributed by atoms with Crippen LogP contribution in [0.25, 0.3) is 10.9 Å². The summed E-state index contributed by atoms with van der Waals surface area (Å²) in [7, 11) is 1.93. The largest absolute Gasteiger partial charge is 0.339 e. The topological polar surface area (TPSA) is 34.0 Å². The lowest BCUT2D eigenvalue weighted by Crippen LogP contribution is -2.17. The molecule has 0 aliphatic heterocycles. The molecule has 0 saturated heterocycles. The first kappa shape index (κ1) is 13.4. The molecular weight excluding hydrogens is 260 g/mol. The number of para-hydroxylation sites is 2. The average molecular weight is 278 g/mol. The van der Waals surface area contributed by atoms with Gasteiger partial charge in [-0.15, -0.1) is 0 Å². The summed E-state index contributed by atoms with van der Waals surface area (Å²) >= 11 is 0. The van der Waals surface area contributed by atoms with E-state index in [1.165, 1.54) is 0 Å². The number of rotatable bonds is 2. The Morgan fingerprint density at radius 3 is 2.38 bits per heavy atom. The van der Waals surface area contributed by atoms with E-state index in [1.807, 2.05) is 67.9 Å². The number of nitrogens with zero attached hydrogens (tertiary/aromatic N) is 1. The molecular formula is C18H18N2O. The Bertz CT molecular complexity index is 791. The second-order valence-corrected chi connectivity index (χ2v) is 5.32. The van der Waals surface area contributed by atoms with E-state index in [-0.39, 0.29) is 5.91 Å². The normalized spacial score (nSPS) is 10.8. The monoisotopic (exact) mass is 278 g/mol. The number of hydrogen-bond acceptors (Lipinski definition) is 1. The zero-order chi connectivity index (χ0) is 15.0. The van der Waals surface area contributed by atoms with Gasteiger partial charge in [0, 0.05) is 23.6 Å². The lowest BCUT2D eigenvalue weighted by atomic mass is 10.1. The highest BCUT2D eigenvalue weighted by molar-refractivity contribution is 6.08. The molecule has 0 unspecified atom stereocenters. The van der Waals surface area contributed by atoms with Gasteiger partial charge < -0.3 is 9.88 Å². The molecule has 0 aliphatic rings. The van der Waals surface area contributed by atoms with Gasteiger partial charge in [-0.25, -0.2) is 0 Å². The van der Waals surface area contributed by atoms with E-state index < -0.39 is 0 Å². The number of anilines is 1. The van der Waals surface area contributed by atoms with Crippen molar-refractivity contribution in [3.8, 4) is 0 Å². The van der Waals surface area contributed by atoms with Crippen LogP contribution < -0.4 is 5.32 Å². The Kier molecular flexibility index (Phi) is 3.26. The highest BCUT2D eigenvalue weighted by atomic mass is 16.2. The summed E-state index contributed by atoms with van der Waals surface area (Å²) in [5, 5.41) is 4.13. The predicted octanol–water partition coefficient (Wildman–Crippen LogP) is 4.05. The quantitative estimate of drug-likeness (QED) is 0.754. The summed E-state index contributed by atoms with van der Waals surface area (Å²) < 4.78 is 1.96. The second kappa shape index (κ2) is 5.09. The van der Waals surface area contributed by atoms with Crippen LogP contribution in [0.15, 0.2) is 48.5 Å². The number of aryl methyl sites for hydroxylation is 3. The molecule has 2 aromatic carbocycles. The molecule has 1 heterocycles. The molecule has 3 rings (SSSR count). The third-order valence-corrected chi connectivity index (χ3v) is 3.97. The molecule has 106 valence electrons. The fourth-order valence-corrected chi connectivity index (χ4v) is 2.80. The minimum absolute atomic E-state index is 0.0690. The van der Waals surface area contributed by atoms with Crippen LogP contribution in [-0.4, -0.2) is 10.5 Å². The number of amides is 1. The Morgan fingerprint density at radius 2 is 1.67 bits per heavy atom. The molecule has 1 aromatic heterocycles. The number of benzene rings is 2. The van der Waals surface area contributed by atoms with Crippen LogP contribution >= 0.6 is 0 Å². The Balaban J connectivity index is 2.05. The van der Waals surface area contributed by atoms with Crippen LogP contribution in [0.3, 0.4) is 0 Å². The lowest BCUT2D eigenvalue weighted by molar-refractivity contribution is 0.101. The molecule has 1 N–H and O–H groups in total. The Labute approximate surface area is 124 Å². The van der Waals surface area contributed by atoms with E-state index >= 15 is 0 Å². The summed E-state index contributed by atoms with van der Waals surface area (Å²) in [6.45, 7) is 3.99. The zero-order valence-electron chi connectivity index (χ0n) is 12.5. The van der Waals surface area contributed by atoms with Gasteiger partial charge in [-0.1, -0.05) is 36.4 Å². The smallest absolute Gasteiger partial charge is 0.272 e. The lowest BCUT2D eigenvalue weighted by Gasteiger charge is -2.09. The number of aromatic nitrogens is 1. The van der Waals surface area contributed by atoms with Crippen molar-refractivity contribution in [1.82, 2.24) is 4.57 Å². The van der Waals surface area contributed by atoms with E-state index in [0.29, 0.717) is 5.69 Å². The first-order valence-corrected chi connectivity index (χ1v) is 7.00. The molecule has 0 fully saturated rings. The van der Waals surface area contributed by atoms with Crippen molar-refractivity contribution in [1.29, 1.82) is 0 Å². The maximum absolute atomic E-state index is 12.6. The number of carbonyl (C=O) groups is 1. The van der Waals surface area contributed by atoms with Gasteiger partial charge in [-0.05, 0) is 37.1 Å². The third kappa shape index (κ3) is 2.21. The van der Waals surface area contributed by atoms with Crippen molar-refractivity contribution in [2.45, 2.75) is 13.8 Å². The van der Waals surface area contributed by atoms with E-state index in [4.69, 9.17) is 0 Å². The van der Waals surface area contributed by atoms with Crippen LogP contribution in [0.2, 0.25) is 0 Å². The van der Waals surface area contributed by atoms with Crippen molar-refractivity contribution >= 4 is 22.5 Å². The fourth-order valence-electron chi connectivity index (χ4n) is 2.80. The van der Waals surface area contributed by atoms with E-state index in [1.54, 1.807) is 0 Å². The Hall–Kier alpha value is -2.55. The minimum Gasteiger partial charge on any atom is -0.339 e. The van der Waals surface area contributed by atoms with Crippen molar-refractivity contribution in [3.05, 3.63) is 65.4 Å². The maximum atomic E-state index is 12.6. The summed E-state index contributed by atoms with van der Waals surface area (Å²) in [5.41, 5.74) is 4.71. The molecule has 0 bridgehead atoms. The molecule has 3 heteroatoms. The number of carbonyl (C=O) groups excluding carboxylic acids is 1. The van der Waals surface area contributed by atoms with Crippen LogP contribution in [-0.2, 0) is 7.05 Å². The van der Waals surface area contributed by atoms with Gasteiger partial charge in [0.1, 0.15) is 5.69 Å².